The molecule has 0 spiro atoms. The van der Waals surface area contributed by atoms with Crippen molar-refractivity contribution in [2.24, 2.45) is 5.92 Å². The molecular weight excluding hydrogens is 212 g/mol. The summed E-state index contributed by atoms with van der Waals surface area (Å²) >= 11 is 1.79. The number of rotatable bonds is 6. The molecule has 4 heteroatoms. The van der Waals surface area contributed by atoms with Gasteiger partial charge in [-0.25, -0.2) is 0 Å². The van der Waals surface area contributed by atoms with Crippen LogP contribution in [0.15, 0.2) is 0 Å². The zero-order chi connectivity index (χ0) is 11.1. The lowest BCUT2D eigenvalue weighted by Crippen LogP contribution is -2.18. The summed E-state index contributed by atoms with van der Waals surface area (Å²) in [5.41, 5.74) is 0. The maximum absolute atomic E-state index is 11.3. The highest BCUT2D eigenvalue weighted by Crippen LogP contribution is 2.19. The van der Waals surface area contributed by atoms with Gasteiger partial charge in [0.25, 0.3) is 0 Å². The van der Waals surface area contributed by atoms with Gasteiger partial charge in [-0.2, -0.15) is 11.8 Å². The van der Waals surface area contributed by atoms with E-state index >= 15 is 0 Å². The van der Waals surface area contributed by atoms with Gasteiger partial charge in [0.1, 0.15) is 0 Å². The first kappa shape index (κ1) is 12.8. The molecule has 1 heterocycles. The van der Waals surface area contributed by atoms with Gasteiger partial charge in [0, 0.05) is 18.1 Å². The van der Waals surface area contributed by atoms with Crippen molar-refractivity contribution in [1.82, 2.24) is 0 Å². The Morgan fingerprint density at radius 1 is 1.67 bits per heavy atom. The molecule has 0 aliphatic carbocycles. The molecule has 0 bridgehead atoms. The van der Waals surface area contributed by atoms with Gasteiger partial charge in [0.15, 0.2) is 0 Å². The molecule has 3 nitrogen and oxygen atoms in total. The number of thioether (sulfide) groups is 1. The first-order valence-electron chi connectivity index (χ1n) is 5.60. The number of esters is 1. The summed E-state index contributed by atoms with van der Waals surface area (Å²) in [6.07, 6.45) is 2.75. The highest BCUT2D eigenvalue weighted by Gasteiger charge is 2.18. The van der Waals surface area contributed by atoms with Crippen LogP contribution in [0.1, 0.15) is 26.7 Å². The van der Waals surface area contributed by atoms with E-state index in [2.05, 4.69) is 0 Å². The summed E-state index contributed by atoms with van der Waals surface area (Å²) in [5, 5.41) is 0. The number of carbonyl (C=O) groups excluding carboxylic acids is 1. The SMILES string of the molecule is CCOC(=O)C(C)CSCC1CCCO1. The van der Waals surface area contributed by atoms with Gasteiger partial charge in [0.05, 0.1) is 18.6 Å². The maximum atomic E-state index is 11.3. The van der Waals surface area contributed by atoms with Crippen molar-refractivity contribution in [1.29, 1.82) is 0 Å². The van der Waals surface area contributed by atoms with Gasteiger partial charge >= 0.3 is 5.97 Å². The Hall–Kier alpha value is -0.220. The highest BCUT2D eigenvalue weighted by atomic mass is 32.2. The highest BCUT2D eigenvalue weighted by molar-refractivity contribution is 7.99. The van der Waals surface area contributed by atoms with Crippen LogP contribution >= 0.6 is 11.8 Å². The minimum atomic E-state index is -0.0858. The fourth-order valence-corrected chi connectivity index (χ4v) is 2.66. The van der Waals surface area contributed by atoms with Crippen LogP contribution in [-0.4, -0.2) is 36.8 Å². The van der Waals surface area contributed by atoms with Crippen molar-refractivity contribution in [2.75, 3.05) is 24.7 Å². The van der Waals surface area contributed by atoms with E-state index in [0.717, 1.165) is 18.1 Å². The first-order chi connectivity index (χ1) is 7.24. The van der Waals surface area contributed by atoms with Gasteiger partial charge in [-0.3, -0.25) is 4.79 Å². The number of hydrogen-bond donors (Lipinski definition) is 0. The van der Waals surface area contributed by atoms with E-state index in [1.807, 2.05) is 13.8 Å². The van der Waals surface area contributed by atoms with Crippen molar-refractivity contribution < 1.29 is 14.3 Å². The predicted octanol–water partition coefficient (Wildman–Crippen LogP) is 2.10. The second-order valence-electron chi connectivity index (χ2n) is 3.83. The first-order valence-corrected chi connectivity index (χ1v) is 6.75. The average Bonchev–Trinajstić information content (AvgIpc) is 2.71. The van der Waals surface area contributed by atoms with Crippen LogP contribution in [0.3, 0.4) is 0 Å². The zero-order valence-corrected chi connectivity index (χ0v) is 10.3. The Bertz CT molecular complexity index is 190. The molecule has 2 unspecified atom stereocenters. The lowest BCUT2D eigenvalue weighted by molar-refractivity contribution is -0.146. The van der Waals surface area contributed by atoms with E-state index in [1.165, 1.54) is 12.8 Å². The Labute approximate surface area is 95.9 Å². The third kappa shape index (κ3) is 4.89. The minimum absolute atomic E-state index is 0.00338. The predicted molar refractivity (Wildman–Crippen MR) is 62.1 cm³/mol. The molecule has 1 rings (SSSR count). The Morgan fingerprint density at radius 3 is 3.07 bits per heavy atom. The molecule has 88 valence electrons. The molecule has 0 radical (unpaired) electrons. The third-order valence-electron chi connectivity index (χ3n) is 2.38. The molecule has 0 N–H and O–H groups in total. The van der Waals surface area contributed by atoms with Gasteiger partial charge in [0.2, 0.25) is 0 Å². The van der Waals surface area contributed by atoms with Gasteiger partial charge < -0.3 is 9.47 Å². The fraction of sp³-hybridized carbons (Fsp3) is 0.909. The van der Waals surface area contributed by atoms with E-state index < -0.39 is 0 Å². The molecule has 2 atom stereocenters. The fourth-order valence-electron chi connectivity index (χ4n) is 1.50. The lowest BCUT2D eigenvalue weighted by Gasteiger charge is -2.12. The molecule has 0 aromatic carbocycles. The number of carbonyl (C=O) groups is 1. The molecule has 1 fully saturated rings. The Kier molecular flexibility index (Phi) is 6.10. The van der Waals surface area contributed by atoms with Crippen molar-refractivity contribution in [3.63, 3.8) is 0 Å². The largest absolute Gasteiger partial charge is 0.466 e. The minimum Gasteiger partial charge on any atom is -0.466 e. The Balaban J connectivity index is 2.05. The maximum Gasteiger partial charge on any atom is 0.309 e. The number of ether oxygens (including phenoxy) is 2. The molecule has 15 heavy (non-hydrogen) atoms. The van der Waals surface area contributed by atoms with Gasteiger partial charge in [-0.05, 0) is 19.8 Å². The van der Waals surface area contributed by atoms with E-state index in [9.17, 15) is 4.79 Å². The zero-order valence-electron chi connectivity index (χ0n) is 9.53. The molecular formula is C11H20O3S. The molecule has 0 aromatic rings. The van der Waals surface area contributed by atoms with Crippen LogP contribution in [0.2, 0.25) is 0 Å². The van der Waals surface area contributed by atoms with E-state index in [0.29, 0.717) is 12.7 Å². The molecule has 1 aliphatic rings. The molecule has 0 aromatic heterocycles. The molecule has 0 saturated carbocycles. The van der Waals surface area contributed by atoms with Crippen LogP contribution in [0.4, 0.5) is 0 Å². The van der Waals surface area contributed by atoms with Crippen LogP contribution < -0.4 is 0 Å². The average molecular weight is 232 g/mol. The Morgan fingerprint density at radius 2 is 2.47 bits per heavy atom. The van der Waals surface area contributed by atoms with Crippen LogP contribution in [-0.2, 0) is 14.3 Å². The summed E-state index contributed by atoms with van der Waals surface area (Å²) in [6, 6.07) is 0. The van der Waals surface area contributed by atoms with Crippen LogP contribution in [0.5, 0.6) is 0 Å². The quantitative estimate of drug-likeness (QED) is 0.657. The monoisotopic (exact) mass is 232 g/mol. The van der Waals surface area contributed by atoms with Crippen molar-refractivity contribution >= 4 is 17.7 Å². The number of hydrogen-bond acceptors (Lipinski definition) is 4. The summed E-state index contributed by atoms with van der Waals surface area (Å²) in [7, 11) is 0. The van der Waals surface area contributed by atoms with E-state index in [4.69, 9.17) is 9.47 Å². The second-order valence-corrected chi connectivity index (χ2v) is 4.90. The van der Waals surface area contributed by atoms with Crippen molar-refractivity contribution in [3.05, 3.63) is 0 Å². The van der Waals surface area contributed by atoms with E-state index in [-0.39, 0.29) is 11.9 Å². The topological polar surface area (TPSA) is 35.5 Å². The van der Waals surface area contributed by atoms with E-state index in [1.54, 1.807) is 11.8 Å². The smallest absolute Gasteiger partial charge is 0.309 e. The second kappa shape index (κ2) is 7.12. The lowest BCUT2D eigenvalue weighted by atomic mass is 10.2. The standard InChI is InChI=1S/C11H20O3S/c1-3-13-11(12)9(2)7-15-8-10-5-4-6-14-10/h9-10H,3-8H2,1-2H3. The summed E-state index contributed by atoms with van der Waals surface area (Å²) in [6.45, 7) is 5.13. The summed E-state index contributed by atoms with van der Waals surface area (Å²) in [5.74, 6) is 1.75. The molecule has 1 aliphatic heterocycles. The van der Waals surface area contributed by atoms with Crippen LogP contribution in [0, 0.1) is 5.92 Å². The van der Waals surface area contributed by atoms with Gasteiger partial charge in [-0.15, -0.1) is 0 Å². The molecule has 0 amide bonds. The molecule has 1 saturated heterocycles. The summed E-state index contributed by atoms with van der Waals surface area (Å²) < 4.78 is 10.4. The normalized spacial score (nSPS) is 22.7. The summed E-state index contributed by atoms with van der Waals surface area (Å²) in [4.78, 5) is 11.3. The van der Waals surface area contributed by atoms with Gasteiger partial charge in [-0.1, -0.05) is 6.92 Å². The third-order valence-corrected chi connectivity index (χ3v) is 3.73. The van der Waals surface area contributed by atoms with Crippen molar-refractivity contribution in [3.8, 4) is 0 Å². The van der Waals surface area contributed by atoms with Crippen molar-refractivity contribution in [2.45, 2.75) is 32.8 Å². The van der Waals surface area contributed by atoms with Crippen LogP contribution in [0.25, 0.3) is 0 Å².